The quantitative estimate of drug-likeness (QED) is 0.203. The fourth-order valence-corrected chi connectivity index (χ4v) is 4.55. The number of fused-ring (bicyclic) bond motifs is 1. The number of ketones is 1. The molecule has 0 aliphatic carbocycles. The van der Waals surface area contributed by atoms with Gasteiger partial charge in [-0.15, -0.1) is 0 Å². The molecule has 0 saturated carbocycles. The second-order valence-corrected chi connectivity index (χ2v) is 9.98. The molecule has 178 valence electrons. The first-order valence-electron chi connectivity index (χ1n) is 10.9. The molecular formula is C24H27F3NO4P. The Kier molecular flexibility index (Phi) is 8.16. The van der Waals surface area contributed by atoms with Crippen molar-refractivity contribution < 1.29 is 32.3 Å². The first-order chi connectivity index (χ1) is 15.5. The molecule has 0 saturated heterocycles. The number of alkyl halides is 3. The summed E-state index contributed by atoms with van der Waals surface area (Å²) in [6.45, 7) is 0.493. The molecule has 5 nitrogen and oxygen atoms in total. The van der Waals surface area contributed by atoms with Crippen molar-refractivity contribution in [2.45, 2.75) is 51.2 Å². The van der Waals surface area contributed by atoms with Crippen LogP contribution in [-0.4, -0.2) is 32.5 Å². The molecule has 33 heavy (non-hydrogen) atoms. The van der Waals surface area contributed by atoms with Gasteiger partial charge in [0.2, 0.25) is 0 Å². The number of unbranched alkanes of at least 4 members (excludes halogenated alkanes) is 2. The number of nitrogens with zero attached hydrogens (tertiary/aromatic N) is 1. The van der Waals surface area contributed by atoms with E-state index >= 15 is 0 Å². The lowest BCUT2D eigenvalue weighted by molar-refractivity contribution is -0.0884. The van der Waals surface area contributed by atoms with Crippen LogP contribution in [0.5, 0.6) is 0 Å². The summed E-state index contributed by atoms with van der Waals surface area (Å²) >= 11 is 0. The molecule has 3 rings (SSSR count). The monoisotopic (exact) mass is 481 g/mol. The normalized spacial score (nSPS) is 12.4. The van der Waals surface area contributed by atoms with E-state index < -0.39 is 19.6 Å². The van der Waals surface area contributed by atoms with Crippen LogP contribution in [0.2, 0.25) is 0 Å². The lowest BCUT2D eigenvalue weighted by Gasteiger charge is -2.07. The van der Waals surface area contributed by atoms with Crippen molar-refractivity contribution in [2.75, 3.05) is 6.16 Å². The number of benzene rings is 2. The summed E-state index contributed by atoms with van der Waals surface area (Å²) < 4.78 is 51.4. The third-order valence-electron chi connectivity index (χ3n) is 5.59. The topological polar surface area (TPSA) is 79.5 Å². The van der Waals surface area contributed by atoms with Crippen molar-refractivity contribution in [1.82, 2.24) is 4.57 Å². The molecule has 9 heteroatoms. The molecule has 1 aromatic heterocycles. The maximum Gasteiger partial charge on any atom is 0.454 e. The molecule has 0 unspecified atom stereocenters. The maximum atomic E-state index is 13.0. The van der Waals surface area contributed by atoms with Crippen LogP contribution in [0.15, 0.2) is 54.7 Å². The molecule has 0 radical (unpaired) electrons. The average molecular weight is 481 g/mol. The zero-order chi connectivity index (χ0) is 24.1. The van der Waals surface area contributed by atoms with Gasteiger partial charge in [-0.25, -0.2) is 0 Å². The Hall–Kier alpha value is -2.41. The van der Waals surface area contributed by atoms with Gasteiger partial charge >= 0.3 is 13.8 Å². The van der Waals surface area contributed by atoms with Crippen LogP contribution in [-0.2, 0) is 24.0 Å². The van der Waals surface area contributed by atoms with Gasteiger partial charge in [0, 0.05) is 29.8 Å². The molecule has 0 fully saturated rings. The van der Waals surface area contributed by atoms with Crippen molar-refractivity contribution in [1.29, 1.82) is 0 Å². The second kappa shape index (κ2) is 10.7. The molecule has 0 bridgehead atoms. The van der Waals surface area contributed by atoms with E-state index in [0.717, 1.165) is 36.8 Å². The van der Waals surface area contributed by atoms with E-state index in [2.05, 4.69) is 0 Å². The number of halogens is 3. The van der Waals surface area contributed by atoms with Gasteiger partial charge in [-0.2, -0.15) is 13.2 Å². The van der Waals surface area contributed by atoms with Crippen molar-refractivity contribution >= 4 is 24.3 Å². The summed E-state index contributed by atoms with van der Waals surface area (Å²) in [5, 5.41) is 0.310. The SMILES string of the molecule is O=C(c1cn(CCCc2ccc(CCCCCP(=O)(O)O)cc2)c2ccccc12)C(F)(F)F. The van der Waals surface area contributed by atoms with E-state index in [-0.39, 0.29) is 11.7 Å². The minimum Gasteiger partial charge on any atom is -0.347 e. The summed E-state index contributed by atoms with van der Waals surface area (Å²) in [7, 11) is -3.91. The highest BCUT2D eigenvalue weighted by molar-refractivity contribution is 7.51. The number of hydrogen-bond donors (Lipinski definition) is 2. The molecule has 0 spiro atoms. The Morgan fingerprint density at radius 3 is 2.09 bits per heavy atom. The van der Waals surface area contributed by atoms with Crippen molar-refractivity contribution in [3.05, 3.63) is 71.4 Å². The highest BCUT2D eigenvalue weighted by Gasteiger charge is 2.40. The fraction of sp³-hybridized carbons (Fsp3) is 0.375. The summed E-state index contributed by atoms with van der Waals surface area (Å²) in [4.78, 5) is 29.5. The van der Waals surface area contributed by atoms with Crippen LogP contribution < -0.4 is 0 Å². The van der Waals surface area contributed by atoms with Gasteiger partial charge in [0.15, 0.2) is 0 Å². The Labute approximate surface area is 190 Å². The molecule has 1 heterocycles. The van der Waals surface area contributed by atoms with E-state index in [1.165, 1.54) is 12.3 Å². The summed E-state index contributed by atoms with van der Waals surface area (Å²) in [6, 6.07) is 14.7. The number of hydrogen-bond acceptors (Lipinski definition) is 2. The zero-order valence-corrected chi connectivity index (χ0v) is 19.0. The van der Waals surface area contributed by atoms with Crippen LogP contribution in [0.25, 0.3) is 10.9 Å². The summed E-state index contributed by atoms with van der Waals surface area (Å²) in [5.74, 6) is -1.82. The molecule has 0 aliphatic heterocycles. The predicted molar refractivity (Wildman–Crippen MR) is 122 cm³/mol. The first kappa shape index (κ1) is 25.2. The molecule has 0 amide bonds. The third kappa shape index (κ3) is 7.29. The van der Waals surface area contributed by atoms with E-state index in [1.807, 2.05) is 24.3 Å². The molecule has 2 aromatic carbocycles. The van der Waals surface area contributed by atoms with Gasteiger partial charge in [-0.1, -0.05) is 48.9 Å². The van der Waals surface area contributed by atoms with Gasteiger partial charge < -0.3 is 14.4 Å². The Balaban J connectivity index is 1.53. The van der Waals surface area contributed by atoms with Gasteiger partial charge in [-0.05, 0) is 49.3 Å². The van der Waals surface area contributed by atoms with Crippen LogP contribution >= 0.6 is 7.60 Å². The number of carbonyl (C=O) groups is 1. The van der Waals surface area contributed by atoms with E-state index in [0.29, 0.717) is 30.3 Å². The number of para-hydroxylation sites is 1. The van der Waals surface area contributed by atoms with Gasteiger partial charge in [0.05, 0.1) is 5.56 Å². The number of aromatic nitrogens is 1. The Morgan fingerprint density at radius 1 is 0.879 bits per heavy atom. The molecule has 3 aromatic rings. The maximum absolute atomic E-state index is 13.0. The van der Waals surface area contributed by atoms with E-state index in [1.54, 1.807) is 22.8 Å². The molecule has 0 atom stereocenters. The van der Waals surface area contributed by atoms with Crippen molar-refractivity contribution in [3.63, 3.8) is 0 Å². The van der Waals surface area contributed by atoms with Crippen molar-refractivity contribution in [2.24, 2.45) is 0 Å². The Bertz CT molecular complexity index is 1130. The standard InChI is InChI=1S/C24H27F3NO4P/c25-24(26,27)23(29)21-17-28(22-10-4-3-9-20(21)22)15-6-8-19-13-11-18(12-14-19)7-2-1-5-16-33(30,31)32/h3-4,9-14,17H,1-2,5-8,15-16H2,(H2,30,31,32). The van der Waals surface area contributed by atoms with Gasteiger partial charge in [0.1, 0.15) is 0 Å². The fourth-order valence-electron chi connectivity index (χ4n) is 3.92. The predicted octanol–water partition coefficient (Wildman–Crippen LogP) is 5.91. The summed E-state index contributed by atoms with van der Waals surface area (Å²) in [6.07, 6.45) is 0.744. The number of Topliss-reactive ketones (excluding diaryl/α,β-unsaturated/α-hetero) is 1. The van der Waals surface area contributed by atoms with Crippen LogP contribution in [0.1, 0.15) is 47.2 Å². The van der Waals surface area contributed by atoms with Crippen LogP contribution in [0, 0.1) is 0 Å². The smallest absolute Gasteiger partial charge is 0.347 e. The Morgan fingerprint density at radius 2 is 1.48 bits per heavy atom. The van der Waals surface area contributed by atoms with Crippen LogP contribution in [0.4, 0.5) is 13.2 Å². The lowest BCUT2D eigenvalue weighted by atomic mass is 10.0. The highest BCUT2D eigenvalue weighted by Crippen LogP contribution is 2.35. The van der Waals surface area contributed by atoms with E-state index in [4.69, 9.17) is 9.79 Å². The minimum absolute atomic E-state index is 0.0749. The number of rotatable bonds is 11. The summed E-state index contributed by atoms with van der Waals surface area (Å²) in [5.41, 5.74) is 2.56. The van der Waals surface area contributed by atoms with Crippen molar-refractivity contribution in [3.8, 4) is 0 Å². The van der Waals surface area contributed by atoms with E-state index in [9.17, 15) is 22.5 Å². The molecule has 2 N–H and O–H groups in total. The average Bonchev–Trinajstić information content (AvgIpc) is 3.11. The third-order valence-corrected chi connectivity index (χ3v) is 6.49. The largest absolute Gasteiger partial charge is 0.454 e. The van der Waals surface area contributed by atoms with Gasteiger partial charge in [-0.3, -0.25) is 9.36 Å². The number of carbonyl (C=O) groups excluding carboxylic acids is 1. The zero-order valence-electron chi connectivity index (χ0n) is 18.1. The highest BCUT2D eigenvalue weighted by atomic mass is 31.2. The first-order valence-corrected chi connectivity index (χ1v) is 12.7. The molecule has 0 aliphatic rings. The van der Waals surface area contributed by atoms with Crippen LogP contribution in [0.3, 0.4) is 0 Å². The molecular weight excluding hydrogens is 454 g/mol. The van der Waals surface area contributed by atoms with Gasteiger partial charge in [0.25, 0.3) is 5.78 Å². The number of aryl methyl sites for hydroxylation is 3. The minimum atomic E-state index is -4.91. The second-order valence-electron chi connectivity index (χ2n) is 8.20. The lowest BCUT2D eigenvalue weighted by Crippen LogP contribution is -2.22.